The number of hydrogen-bond donors (Lipinski definition) is 2. The number of benzene rings is 3. The molecular weight excluding hydrogens is 420 g/mol. The molecule has 4 unspecified atom stereocenters. The van der Waals surface area contributed by atoms with Gasteiger partial charge in [-0.2, -0.15) is 0 Å². The van der Waals surface area contributed by atoms with Gasteiger partial charge in [0.25, 0.3) is 0 Å². The summed E-state index contributed by atoms with van der Waals surface area (Å²) in [5.41, 5.74) is 0.226. The lowest BCUT2D eigenvalue weighted by molar-refractivity contribution is -0.150. The molecule has 0 amide bonds. The van der Waals surface area contributed by atoms with Crippen molar-refractivity contribution in [2.24, 2.45) is 0 Å². The molecule has 6 heteroatoms. The Morgan fingerprint density at radius 2 is 1.64 bits per heavy atom. The van der Waals surface area contributed by atoms with Crippen molar-refractivity contribution in [3.63, 3.8) is 0 Å². The van der Waals surface area contributed by atoms with Crippen LogP contribution in [0.2, 0.25) is 0 Å². The van der Waals surface area contributed by atoms with Crippen LogP contribution in [0.1, 0.15) is 34.6 Å². The lowest BCUT2D eigenvalue weighted by Gasteiger charge is -2.41. The minimum atomic E-state index is -1.75. The lowest BCUT2D eigenvalue weighted by atomic mass is 9.71. The summed E-state index contributed by atoms with van der Waals surface area (Å²) in [6.07, 6.45) is -0.769. The Labute approximate surface area is 193 Å². The van der Waals surface area contributed by atoms with Crippen LogP contribution in [-0.2, 0) is 11.2 Å². The fraction of sp³-hybridized carbons (Fsp3) is 0.333. The van der Waals surface area contributed by atoms with Gasteiger partial charge in [0, 0.05) is 18.1 Å². The van der Waals surface area contributed by atoms with Gasteiger partial charge in [0.05, 0.1) is 33.0 Å². The fourth-order valence-electron chi connectivity index (χ4n) is 5.62. The van der Waals surface area contributed by atoms with Crippen LogP contribution >= 0.6 is 0 Å². The van der Waals surface area contributed by atoms with E-state index in [9.17, 15) is 10.2 Å². The topological polar surface area (TPSA) is 77.4 Å². The molecule has 1 heterocycles. The van der Waals surface area contributed by atoms with Crippen molar-refractivity contribution in [2.45, 2.75) is 36.6 Å². The van der Waals surface area contributed by atoms with E-state index in [1.807, 2.05) is 49.4 Å². The fourth-order valence-corrected chi connectivity index (χ4v) is 5.62. The molecule has 1 fully saturated rings. The number of fused-ring (bicyclic) bond motifs is 3. The summed E-state index contributed by atoms with van der Waals surface area (Å²) < 4.78 is 23.2. The molecule has 2 N–H and O–H groups in total. The van der Waals surface area contributed by atoms with Gasteiger partial charge in [0.15, 0.2) is 11.2 Å². The van der Waals surface area contributed by atoms with Crippen molar-refractivity contribution < 1.29 is 29.2 Å². The van der Waals surface area contributed by atoms with Gasteiger partial charge in [0.1, 0.15) is 23.0 Å². The van der Waals surface area contributed by atoms with Gasteiger partial charge in [-0.05, 0) is 36.6 Å². The highest BCUT2D eigenvalue weighted by Crippen LogP contribution is 2.68. The zero-order valence-electron chi connectivity index (χ0n) is 19.2. The van der Waals surface area contributed by atoms with E-state index in [-0.39, 0.29) is 5.92 Å². The molecule has 1 aliphatic heterocycles. The number of rotatable bonds is 5. The zero-order chi connectivity index (χ0) is 23.4. The molecule has 33 heavy (non-hydrogen) atoms. The molecule has 1 aliphatic carbocycles. The van der Waals surface area contributed by atoms with Crippen molar-refractivity contribution in [3.05, 3.63) is 82.9 Å². The first-order valence-electron chi connectivity index (χ1n) is 11.0. The third-order valence-corrected chi connectivity index (χ3v) is 7.11. The summed E-state index contributed by atoms with van der Waals surface area (Å²) >= 11 is 0. The second-order valence-corrected chi connectivity index (χ2v) is 8.75. The molecular formula is C27H28O6. The summed E-state index contributed by atoms with van der Waals surface area (Å²) in [5.74, 6) is 1.75. The molecule has 3 aromatic rings. The van der Waals surface area contributed by atoms with Crippen LogP contribution in [0, 0.1) is 6.92 Å². The Bertz CT molecular complexity index is 1190. The molecule has 0 bridgehead atoms. The van der Waals surface area contributed by atoms with E-state index >= 15 is 0 Å². The zero-order valence-corrected chi connectivity index (χ0v) is 19.2. The summed E-state index contributed by atoms with van der Waals surface area (Å²) in [5, 5.41) is 23.9. The molecule has 1 saturated carbocycles. The van der Waals surface area contributed by atoms with Crippen LogP contribution < -0.4 is 18.9 Å². The normalized spacial score (nSPS) is 27.5. The smallest absolute Gasteiger partial charge is 0.176 e. The number of ether oxygens (including phenoxy) is 4. The monoisotopic (exact) mass is 448 g/mol. The first kappa shape index (κ1) is 21.6. The van der Waals surface area contributed by atoms with E-state index < -0.39 is 17.3 Å². The number of aliphatic hydroxyl groups is 2. The molecule has 3 aromatic carbocycles. The average Bonchev–Trinajstić information content (AvgIpc) is 3.23. The lowest BCUT2D eigenvalue weighted by Crippen LogP contribution is -2.52. The standard InChI is InChI=1S/C27H28O6/c1-16-6-5-7-17(12-16)21-15-24(28)26(29)25-22(32-4)13-20(31-3)14-23(25)33-27(21,26)18-8-10-19(30-2)11-9-18/h5-14,21,24,28-29H,15H2,1-4H3. The second-order valence-electron chi connectivity index (χ2n) is 8.75. The highest BCUT2D eigenvalue weighted by atomic mass is 16.5. The van der Waals surface area contributed by atoms with E-state index in [1.165, 1.54) is 7.11 Å². The molecule has 0 radical (unpaired) electrons. The Hall–Kier alpha value is -3.22. The summed E-state index contributed by atoms with van der Waals surface area (Å²) in [7, 11) is 4.71. The van der Waals surface area contributed by atoms with Gasteiger partial charge >= 0.3 is 0 Å². The molecule has 5 rings (SSSR count). The molecule has 0 spiro atoms. The molecule has 6 nitrogen and oxygen atoms in total. The van der Waals surface area contributed by atoms with Crippen LogP contribution in [0.4, 0.5) is 0 Å². The molecule has 0 saturated heterocycles. The van der Waals surface area contributed by atoms with Gasteiger partial charge in [-0.15, -0.1) is 0 Å². The van der Waals surface area contributed by atoms with Gasteiger partial charge in [-0.25, -0.2) is 0 Å². The van der Waals surface area contributed by atoms with Crippen LogP contribution in [-0.4, -0.2) is 37.6 Å². The minimum Gasteiger partial charge on any atom is -0.497 e. The van der Waals surface area contributed by atoms with Crippen molar-refractivity contribution in [2.75, 3.05) is 21.3 Å². The van der Waals surface area contributed by atoms with Gasteiger partial charge in [0.2, 0.25) is 0 Å². The Kier molecular flexibility index (Phi) is 5.03. The van der Waals surface area contributed by atoms with Crippen molar-refractivity contribution in [1.82, 2.24) is 0 Å². The SMILES string of the molecule is COc1ccc(C23Oc4cc(OC)cc(OC)c4C2(O)C(O)CC3c2cccc(C)c2)cc1. The summed E-state index contributed by atoms with van der Waals surface area (Å²) in [6, 6.07) is 19.0. The molecule has 4 atom stereocenters. The van der Waals surface area contributed by atoms with Crippen molar-refractivity contribution in [3.8, 4) is 23.0 Å². The maximum absolute atomic E-state index is 12.4. The quantitative estimate of drug-likeness (QED) is 0.613. The first-order chi connectivity index (χ1) is 15.9. The third kappa shape index (κ3) is 2.87. The van der Waals surface area contributed by atoms with Crippen LogP contribution in [0.3, 0.4) is 0 Å². The van der Waals surface area contributed by atoms with Gasteiger partial charge < -0.3 is 29.2 Å². The minimum absolute atomic E-state index is 0.320. The largest absolute Gasteiger partial charge is 0.497 e. The highest BCUT2D eigenvalue weighted by Gasteiger charge is 2.73. The van der Waals surface area contributed by atoms with Crippen molar-refractivity contribution >= 4 is 0 Å². The maximum Gasteiger partial charge on any atom is 0.176 e. The Morgan fingerprint density at radius 3 is 2.27 bits per heavy atom. The van der Waals surface area contributed by atoms with E-state index in [1.54, 1.807) is 26.4 Å². The number of aryl methyl sites for hydroxylation is 1. The van der Waals surface area contributed by atoms with Crippen LogP contribution in [0.5, 0.6) is 23.0 Å². The van der Waals surface area contributed by atoms with E-state index in [0.717, 1.165) is 16.7 Å². The number of methoxy groups -OCH3 is 3. The number of hydrogen-bond acceptors (Lipinski definition) is 6. The molecule has 172 valence electrons. The van der Waals surface area contributed by atoms with Crippen LogP contribution in [0.15, 0.2) is 60.7 Å². The van der Waals surface area contributed by atoms with E-state index in [4.69, 9.17) is 18.9 Å². The molecule has 0 aromatic heterocycles. The Balaban J connectivity index is 1.81. The first-order valence-corrected chi connectivity index (χ1v) is 11.0. The van der Waals surface area contributed by atoms with Gasteiger partial charge in [-0.1, -0.05) is 42.0 Å². The van der Waals surface area contributed by atoms with Gasteiger partial charge in [-0.3, -0.25) is 0 Å². The predicted molar refractivity (Wildman–Crippen MR) is 123 cm³/mol. The summed E-state index contributed by atoms with van der Waals surface area (Å²) in [6.45, 7) is 2.03. The van der Waals surface area contributed by atoms with Crippen molar-refractivity contribution in [1.29, 1.82) is 0 Å². The third-order valence-electron chi connectivity index (χ3n) is 7.11. The molecule has 2 aliphatic rings. The summed E-state index contributed by atoms with van der Waals surface area (Å²) in [4.78, 5) is 0. The van der Waals surface area contributed by atoms with Crippen LogP contribution in [0.25, 0.3) is 0 Å². The second kappa shape index (κ2) is 7.68. The Morgan fingerprint density at radius 1 is 0.909 bits per heavy atom. The van der Waals surface area contributed by atoms with E-state index in [0.29, 0.717) is 35.0 Å². The highest BCUT2D eigenvalue weighted by molar-refractivity contribution is 5.62. The number of aliphatic hydroxyl groups excluding tert-OH is 1. The average molecular weight is 449 g/mol. The maximum atomic E-state index is 12.4. The predicted octanol–water partition coefficient (Wildman–Crippen LogP) is 4.04. The van der Waals surface area contributed by atoms with E-state index in [2.05, 4.69) is 6.07 Å².